The molecule has 2 heterocycles. The van der Waals surface area contributed by atoms with Crippen LogP contribution in [-0.2, 0) is 4.79 Å². The fourth-order valence-corrected chi connectivity index (χ4v) is 3.70. The summed E-state index contributed by atoms with van der Waals surface area (Å²) in [5.41, 5.74) is 1.24. The van der Waals surface area contributed by atoms with E-state index in [4.69, 9.17) is 0 Å². The van der Waals surface area contributed by atoms with Crippen molar-refractivity contribution in [3.8, 4) is 0 Å². The lowest BCUT2D eigenvalue weighted by Gasteiger charge is -2.28. The number of carbonyl (C=O) groups is 2. The molecule has 0 radical (unpaired) electrons. The first-order valence-corrected chi connectivity index (χ1v) is 8.02. The summed E-state index contributed by atoms with van der Waals surface area (Å²) >= 11 is 0. The number of benzene rings is 1. The Bertz CT molecular complexity index is 567. The Labute approximate surface area is 143 Å². The highest BCUT2D eigenvalue weighted by Gasteiger charge is 2.34. The van der Waals surface area contributed by atoms with Crippen molar-refractivity contribution in [2.24, 2.45) is 5.92 Å². The van der Waals surface area contributed by atoms with Gasteiger partial charge < -0.3 is 16.0 Å². The number of halogens is 1. The average Bonchev–Trinajstić information content (AvgIpc) is 2.85. The lowest BCUT2D eigenvalue weighted by atomic mass is 9.89. The summed E-state index contributed by atoms with van der Waals surface area (Å²) in [5.74, 6) is 0.368. The second-order valence-corrected chi connectivity index (χ2v) is 6.39. The second-order valence-electron chi connectivity index (χ2n) is 6.39. The first-order chi connectivity index (χ1) is 10.6. The van der Waals surface area contributed by atoms with Crippen molar-refractivity contribution >= 4 is 29.9 Å². The number of nitrogens with one attached hydrogen (secondary N) is 3. The van der Waals surface area contributed by atoms with Gasteiger partial charge in [0.15, 0.2) is 0 Å². The van der Waals surface area contributed by atoms with Crippen LogP contribution in [0.15, 0.2) is 24.3 Å². The van der Waals surface area contributed by atoms with E-state index in [1.165, 1.54) is 12.8 Å². The van der Waals surface area contributed by atoms with Crippen LogP contribution >= 0.6 is 12.4 Å². The molecule has 1 aromatic carbocycles. The van der Waals surface area contributed by atoms with Crippen LogP contribution < -0.4 is 16.0 Å². The van der Waals surface area contributed by atoms with Crippen molar-refractivity contribution in [2.45, 2.75) is 44.2 Å². The summed E-state index contributed by atoms with van der Waals surface area (Å²) in [6.45, 7) is 0. The van der Waals surface area contributed by atoms with Gasteiger partial charge in [0.05, 0.1) is 0 Å². The number of carbonyl (C=O) groups excluding carboxylic acids is 2. The molecule has 2 amide bonds. The van der Waals surface area contributed by atoms with Crippen molar-refractivity contribution < 1.29 is 9.59 Å². The van der Waals surface area contributed by atoms with Crippen LogP contribution in [0.5, 0.6) is 0 Å². The van der Waals surface area contributed by atoms with Crippen LogP contribution in [0, 0.1) is 5.92 Å². The summed E-state index contributed by atoms with van der Waals surface area (Å²) < 4.78 is 0. The van der Waals surface area contributed by atoms with Gasteiger partial charge in [-0.2, -0.15) is 0 Å². The molecule has 0 aliphatic carbocycles. The highest BCUT2D eigenvalue weighted by Crippen LogP contribution is 2.32. The molecule has 126 valence electrons. The number of fused-ring (bicyclic) bond motifs is 2. The fourth-order valence-electron chi connectivity index (χ4n) is 3.70. The number of hydrogen-bond acceptors (Lipinski definition) is 3. The quantitative estimate of drug-likeness (QED) is 0.789. The molecule has 5 nitrogen and oxygen atoms in total. The van der Waals surface area contributed by atoms with Gasteiger partial charge in [-0.1, -0.05) is 6.07 Å². The van der Waals surface area contributed by atoms with Gasteiger partial charge in [0.2, 0.25) is 5.91 Å². The molecule has 2 aliphatic rings. The van der Waals surface area contributed by atoms with Crippen molar-refractivity contribution in [1.82, 2.24) is 10.6 Å². The minimum Gasteiger partial charge on any atom is -0.355 e. The Morgan fingerprint density at radius 3 is 2.57 bits per heavy atom. The maximum absolute atomic E-state index is 12.2. The zero-order chi connectivity index (χ0) is 15.5. The van der Waals surface area contributed by atoms with Gasteiger partial charge in [-0.15, -0.1) is 12.4 Å². The first kappa shape index (κ1) is 17.8. The zero-order valence-corrected chi connectivity index (χ0v) is 14.1. The number of piperidine rings is 1. The molecule has 6 heteroatoms. The fraction of sp³-hybridized carbons (Fsp3) is 0.529. The molecule has 0 aromatic heterocycles. The van der Waals surface area contributed by atoms with E-state index >= 15 is 0 Å². The molecule has 1 aromatic rings. The molecule has 3 N–H and O–H groups in total. The summed E-state index contributed by atoms with van der Waals surface area (Å²) in [6.07, 6.45) is 5.26. The molecule has 2 fully saturated rings. The van der Waals surface area contributed by atoms with Gasteiger partial charge in [-0.25, -0.2) is 0 Å². The minimum absolute atomic E-state index is 0. The first-order valence-electron chi connectivity index (χ1n) is 8.02. The maximum atomic E-state index is 12.2. The van der Waals surface area contributed by atoms with Gasteiger partial charge in [-0.05, 0) is 49.8 Å². The molecule has 2 saturated heterocycles. The number of amides is 2. The van der Waals surface area contributed by atoms with Crippen LogP contribution in [0.1, 0.15) is 42.5 Å². The van der Waals surface area contributed by atoms with E-state index in [2.05, 4.69) is 16.0 Å². The Hall–Kier alpha value is -1.59. The molecule has 23 heavy (non-hydrogen) atoms. The van der Waals surface area contributed by atoms with Gasteiger partial charge in [-0.3, -0.25) is 9.59 Å². The van der Waals surface area contributed by atoms with Crippen molar-refractivity contribution in [1.29, 1.82) is 0 Å². The molecule has 0 saturated carbocycles. The molecule has 0 spiro atoms. The lowest BCUT2D eigenvalue weighted by Crippen LogP contribution is -2.39. The van der Waals surface area contributed by atoms with Crippen LogP contribution in [0.2, 0.25) is 0 Å². The van der Waals surface area contributed by atoms with Crippen LogP contribution in [0.3, 0.4) is 0 Å². The number of hydrogen-bond donors (Lipinski definition) is 3. The minimum atomic E-state index is -0.147. The van der Waals surface area contributed by atoms with Crippen LogP contribution in [0.25, 0.3) is 0 Å². The summed E-state index contributed by atoms with van der Waals surface area (Å²) in [7, 11) is 1.60. The average molecular weight is 338 g/mol. The van der Waals surface area contributed by atoms with E-state index in [-0.39, 0.29) is 24.2 Å². The molecule has 2 unspecified atom stereocenters. The van der Waals surface area contributed by atoms with Crippen LogP contribution in [0.4, 0.5) is 5.69 Å². The number of rotatable bonds is 4. The van der Waals surface area contributed by atoms with E-state index in [1.807, 2.05) is 6.07 Å². The Balaban J connectivity index is 0.00000192. The number of anilines is 1. The Morgan fingerprint density at radius 1 is 1.22 bits per heavy atom. The Kier molecular flexibility index (Phi) is 6.02. The predicted octanol–water partition coefficient (Wildman–Crippen LogP) is 2.33. The molecule has 3 rings (SSSR count). The van der Waals surface area contributed by atoms with E-state index in [9.17, 15) is 9.59 Å². The summed E-state index contributed by atoms with van der Waals surface area (Å²) in [5, 5.41) is 9.10. The third-order valence-electron chi connectivity index (χ3n) is 4.68. The molecule has 2 atom stereocenters. The SMILES string of the molecule is CNC(=O)c1cccc(NC(=O)CC2CC3CCC(C2)N3)c1.Cl. The monoisotopic (exact) mass is 337 g/mol. The zero-order valence-electron chi connectivity index (χ0n) is 13.3. The van der Waals surface area contributed by atoms with Crippen LogP contribution in [-0.4, -0.2) is 30.9 Å². The summed E-state index contributed by atoms with van der Waals surface area (Å²) in [6, 6.07) is 8.25. The second kappa shape index (κ2) is 7.79. The molecule has 2 bridgehead atoms. The van der Waals surface area contributed by atoms with Crippen molar-refractivity contribution in [3.05, 3.63) is 29.8 Å². The highest BCUT2D eigenvalue weighted by atomic mass is 35.5. The Morgan fingerprint density at radius 2 is 1.91 bits per heavy atom. The van der Waals surface area contributed by atoms with Gasteiger partial charge in [0.25, 0.3) is 5.91 Å². The predicted molar refractivity (Wildman–Crippen MR) is 93.0 cm³/mol. The van der Waals surface area contributed by atoms with Crippen molar-refractivity contribution in [3.63, 3.8) is 0 Å². The third-order valence-corrected chi connectivity index (χ3v) is 4.68. The standard InChI is InChI=1S/C17H23N3O2.ClH/c1-18-17(22)12-3-2-4-13(10-12)20-16(21)9-11-7-14-5-6-15(8-11)19-14;/h2-4,10-11,14-15,19H,5-9H2,1H3,(H,18,22)(H,20,21);1H. The topological polar surface area (TPSA) is 70.2 Å². The van der Waals surface area contributed by atoms with E-state index < -0.39 is 0 Å². The van der Waals surface area contributed by atoms with E-state index in [0.717, 1.165) is 12.8 Å². The largest absolute Gasteiger partial charge is 0.355 e. The van der Waals surface area contributed by atoms with Gasteiger partial charge in [0.1, 0.15) is 0 Å². The van der Waals surface area contributed by atoms with E-state index in [1.54, 1.807) is 25.2 Å². The van der Waals surface area contributed by atoms with Gasteiger partial charge in [0, 0.05) is 36.8 Å². The van der Waals surface area contributed by atoms with Gasteiger partial charge >= 0.3 is 0 Å². The molecular weight excluding hydrogens is 314 g/mol. The highest BCUT2D eigenvalue weighted by molar-refractivity contribution is 5.97. The summed E-state index contributed by atoms with van der Waals surface area (Å²) in [4.78, 5) is 23.8. The van der Waals surface area contributed by atoms with E-state index in [0.29, 0.717) is 35.7 Å². The third kappa shape index (κ3) is 4.45. The lowest BCUT2D eigenvalue weighted by molar-refractivity contribution is -0.117. The normalized spacial score (nSPS) is 25.3. The smallest absolute Gasteiger partial charge is 0.251 e. The molecular formula is C17H24ClN3O2. The van der Waals surface area contributed by atoms with Crippen molar-refractivity contribution in [2.75, 3.05) is 12.4 Å². The maximum Gasteiger partial charge on any atom is 0.251 e. The molecule has 2 aliphatic heterocycles.